The number of benzene rings is 2. The first-order chi connectivity index (χ1) is 19.1. The van der Waals surface area contributed by atoms with Crippen LogP contribution in [0.3, 0.4) is 0 Å². The molecule has 0 spiro atoms. The van der Waals surface area contributed by atoms with E-state index in [1.807, 2.05) is 0 Å². The Hall–Kier alpha value is 1.51. The van der Waals surface area contributed by atoms with Crippen LogP contribution in [-0.2, 0) is 39.4 Å². The Labute approximate surface area is 426 Å². The number of hydrogen-bond donors (Lipinski definition) is 0. The fraction of sp³-hybridized carbons (Fsp3) is 0.0435. The van der Waals surface area contributed by atoms with Crippen LogP contribution in [0.25, 0.3) is 0 Å². The maximum absolute atomic E-state index is 12.9. The molecule has 2 heterocycles. The number of rotatable bonds is 8. The molecule has 2 aliphatic heterocycles. The van der Waals surface area contributed by atoms with E-state index in [9.17, 15) is 55.3 Å². The zero-order valence-electron chi connectivity index (χ0n) is 23.9. The third-order valence-corrected chi connectivity index (χ3v) is 7.26. The molecule has 0 aliphatic carbocycles. The summed E-state index contributed by atoms with van der Waals surface area (Å²) in [6.45, 7) is 0. The van der Waals surface area contributed by atoms with Gasteiger partial charge in [0.2, 0.25) is 0 Å². The van der Waals surface area contributed by atoms with Crippen molar-refractivity contribution in [2.45, 2.75) is 9.79 Å². The molecule has 2 aliphatic rings. The summed E-state index contributed by atoms with van der Waals surface area (Å²) < 4.78 is 66.7. The van der Waals surface area contributed by atoms with Crippen LogP contribution < -0.4 is 226 Å². The predicted octanol–water partition coefficient (Wildman–Crippen LogP) is -14.8. The zero-order valence-corrected chi connectivity index (χ0v) is 38.1. The molecule has 2 aromatic carbocycles. The summed E-state index contributed by atoms with van der Waals surface area (Å²) in [5.74, 6) is -7.27. The number of hydrazone groups is 2. The molecule has 0 N–H and O–H groups in total. The minimum Gasteiger partial charge on any atom is -0.744 e. The van der Waals surface area contributed by atoms with Crippen LogP contribution in [-0.4, -0.2) is 61.1 Å². The van der Waals surface area contributed by atoms with E-state index in [1.165, 1.54) is 0 Å². The number of nitrogens with zero attached hydrogens (tertiary/aromatic N) is 4. The Balaban J connectivity index is 0.00000484. The van der Waals surface area contributed by atoms with E-state index in [2.05, 4.69) is 10.2 Å². The van der Waals surface area contributed by atoms with Crippen LogP contribution in [0.1, 0.15) is 0 Å². The molecule has 22 heteroatoms. The van der Waals surface area contributed by atoms with Crippen molar-refractivity contribution < 1.29 is 261 Å². The smallest absolute Gasteiger partial charge is 0.744 e. The molecule has 1 unspecified atom stereocenters. The van der Waals surface area contributed by atoms with Crippen LogP contribution in [0.2, 0.25) is 0 Å². The van der Waals surface area contributed by atoms with Gasteiger partial charge in [-0.2, -0.15) is 20.2 Å². The summed E-state index contributed by atoms with van der Waals surface area (Å²) in [5.41, 5.74) is -2.35. The third-order valence-electron chi connectivity index (χ3n) is 5.56. The van der Waals surface area contributed by atoms with E-state index in [-0.39, 0.29) is 217 Å². The second kappa shape index (κ2) is 19.2. The Morgan fingerprint density at radius 1 is 0.711 bits per heavy atom. The molecular formula is C23H12K4N4O12S2. The van der Waals surface area contributed by atoms with Gasteiger partial charge in [0.25, 0.3) is 11.8 Å². The van der Waals surface area contributed by atoms with Crippen LogP contribution in [0, 0.1) is 5.92 Å². The summed E-state index contributed by atoms with van der Waals surface area (Å²) in [5, 5.41) is 31.7. The van der Waals surface area contributed by atoms with E-state index < -0.39 is 76.7 Å². The van der Waals surface area contributed by atoms with Crippen molar-refractivity contribution in [3.8, 4) is 0 Å². The molecule has 4 rings (SSSR count). The van der Waals surface area contributed by atoms with Gasteiger partial charge in [-0.25, -0.2) is 16.8 Å². The molecule has 1 atom stereocenters. The SMILES string of the molecule is O=C([O-])C1=NN(c2ccc(S(=O)(=O)[O-])cc2)C(=O)C1=CC=CC1C(=O)N(c2ccc(S(=O)(=O)[O-])cc2)N=C1C(=O)[O-].[K+].[K+].[K+].[K+]. The number of amides is 2. The summed E-state index contributed by atoms with van der Waals surface area (Å²) in [4.78, 5) is 47.8. The number of aliphatic carboxylic acids is 2. The first-order valence-electron chi connectivity index (χ1n) is 10.9. The molecule has 0 bridgehead atoms. The van der Waals surface area contributed by atoms with Crippen molar-refractivity contribution in [1.29, 1.82) is 0 Å². The standard InChI is InChI=1S/C23H16N4O12S2.4K/c28-20-16(18(22(30)31)24-26(20)12-4-8-14(9-5-12)40(34,35)36)2-1-3-17-19(23(32)33)25-27(21(17)29)13-6-10-15(11-7-13)41(37,38)39;;;;/h1-11,16H,(H,30,31)(H,32,33)(H,34,35,36)(H,37,38,39);;;;/q;4*+1/p-4. The van der Waals surface area contributed by atoms with Crippen molar-refractivity contribution in [3.05, 3.63) is 72.3 Å². The molecule has 0 saturated heterocycles. The number of carbonyl (C=O) groups is 4. The van der Waals surface area contributed by atoms with Gasteiger partial charge < -0.3 is 28.9 Å². The number of hydrogen-bond acceptors (Lipinski definition) is 14. The van der Waals surface area contributed by atoms with Crippen molar-refractivity contribution in [2.24, 2.45) is 16.1 Å². The molecule has 0 radical (unpaired) electrons. The van der Waals surface area contributed by atoms with Gasteiger partial charge in [0.05, 0.1) is 38.7 Å². The van der Waals surface area contributed by atoms with Gasteiger partial charge in [-0.15, -0.1) is 0 Å². The minimum absolute atomic E-state index is 0. The topological polar surface area (TPSA) is 260 Å². The Kier molecular flexibility index (Phi) is 19.8. The summed E-state index contributed by atoms with van der Waals surface area (Å²) in [7, 11) is -9.59. The molecule has 2 aromatic rings. The molecule has 45 heavy (non-hydrogen) atoms. The van der Waals surface area contributed by atoms with Crippen molar-refractivity contribution >= 4 is 66.8 Å². The van der Waals surface area contributed by atoms with Gasteiger partial charge in [-0.3, -0.25) is 9.59 Å². The summed E-state index contributed by atoms with van der Waals surface area (Å²) in [6, 6.07) is 7.69. The average molecular weight is 757 g/mol. The number of anilines is 2. The minimum atomic E-state index is -4.79. The average Bonchev–Trinajstić information content (AvgIpc) is 3.40. The molecule has 0 aromatic heterocycles. The van der Waals surface area contributed by atoms with Gasteiger partial charge in [-0.05, 0) is 54.6 Å². The molecule has 0 saturated carbocycles. The Bertz CT molecular complexity index is 1840. The Morgan fingerprint density at radius 3 is 1.56 bits per heavy atom. The van der Waals surface area contributed by atoms with Gasteiger partial charge in [0, 0.05) is 0 Å². The largest absolute Gasteiger partial charge is 1.00 e. The second-order valence-corrected chi connectivity index (χ2v) is 10.9. The van der Waals surface area contributed by atoms with Crippen molar-refractivity contribution in [2.75, 3.05) is 10.0 Å². The van der Waals surface area contributed by atoms with E-state index >= 15 is 0 Å². The van der Waals surface area contributed by atoms with E-state index in [4.69, 9.17) is 0 Å². The van der Waals surface area contributed by atoms with Crippen LogP contribution in [0.15, 0.2) is 92.3 Å². The number of carbonyl (C=O) groups excluding carboxylic acids is 4. The van der Waals surface area contributed by atoms with Crippen molar-refractivity contribution in [1.82, 2.24) is 0 Å². The van der Waals surface area contributed by atoms with Crippen LogP contribution in [0.5, 0.6) is 0 Å². The van der Waals surface area contributed by atoms with Crippen molar-refractivity contribution in [3.63, 3.8) is 0 Å². The maximum atomic E-state index is 12.9. The van der Waals surface area contributed by atoms with Gasteiger partial charge >= 0.3 is 206 Å². The molecule has 2 amide bonds. The van der Waals surface area contributed by atoms with E-state index in [0.717, 1.165) is 66.8 Å². The first kappa shape index (κ1) is 46.5. The quantitative estimate of drug-likeness (QED) is 0.138. The van der Waals surface area contributed by atoms with Crippen LogP contribution in [0.4, 0.5) is 11.4 Å². The third kappa shape index (κ3) is 11.2. The first-order valence-corrected chi connectivity index (χ1v) is 13.7. The van der Waals surface area contributed by atoms with Gasteiger partial charge in [0.15, 0.2) is 0 Å². The fourth-order valence-corrected chi connectivity index (χ4v) is 4.59. The van der Waals surface area contributed by atoms with Crippen LogP contribution >= 0.6 is 0 Å². The molecule has 0 fully saturated rings. The number of allylic oxidation sites excluding steroid dienone is 2. The second-order valence-electron chi connectivity index (χ2n) is 8.11. The van der Waals surface area contributed by atoms with E-state index in [0.29, 0.717) is 10.0 Å². The number of carboxylic acid groups (broad SMARTS) is 2. The molecule has 16 nitrogen and oxygen atoms in total. The Morgan fingerprint density at radius 2 is 1.16 bits per heavy atom. The summed E-state index contributed by atoms with van der Waals surface area (Å²) in [6.07, 6.45) is 2.86. The van der Waals surface area contributed by atoms with Gasteiger partial charge in [-0.1, -0.05) is 12.2 Å². The zero-order chi connectivity index (χ0) is 30.3. The summed E-state index contributed by atoms with van der Waals surface area (Å²) >= 11 is 0. The number of carboxylic acids is 2. The predicted molar refractivity (Wildman–Crippen MR) is 129 cm³/mol. The monoisotopic (exact) mass is 756 g/mol. The normalized spacial score (nSPS) is 17.1. The molecular weight excluding hydrogens is 745 g/mol. The maximum Gasteiger partial charge on any atom is 1.00 e. The molecule has 212 valence electrons. The van der Waals surface area contributed by atoms with Gasteiger partial charge in [0.1, 0.15) is 37.6 Å². The fourth-order valence-electron chi connectivity index (χ4n) is 3.66. The van der Waals surface area contributed by atoms with E-state index in [1.54, 1.807) is 0 Å².